The number of rotatable bonds is 11. The Kier molecular flexibility index (Phi) is 8.90. The van der Waals surface area contributed by atoms with E-state index in [2.05, 4.69) is 34.9 Å². The summed E-state index contributed by atoms with van der Waals surface area (Å²) >= 11 is 0. The van der Waals surface area contributed by atoms with Crippen molar-refractivity contribution in [1.82, 2.24) is 15.9 Å². The predicted octanol–water partition coefficient (Wildman–Crippen LogP) is 4.48. The smallest absolute Gasteiger partial charge is 0.346 e. The molecule has 4 N–H and O–H groups in total. The Bertz CT molecular complexity index is 1310. The molecule has 1 aliphatic rings. The van der Waals surface area contributed by atoms with E-state index >= 15 is 0 Å². The van der Waals surface area contributed by atoms with Crippen LogP contribution >= 0.6 is 0 Å². The van der Waals surface area contributed by atoms with E-state index in [9.17, 15) is 13.6 Å². The number of hydrazone groups is 1. The minimum atomic E-state index is -1.75. The van der Waals surface area contributed by atoms with Crippen LogP contribution in [0.4, 0.5) is 14.5 Å². The van der Waals surface area contributed by atoms with Gasteiger partial charge in [0.15, 0.2) is 5.84 Å². The van der Waals surface area contributed by atoms with Gasteiger partial charge in [-0.1, -0.05) is 79.5 Å². The Morgan fingerprint density at radius 3 is 2.41 bits per heavy atom. The molecule has 0 aliphatic carbocycles. The number of nitrogens with two attached hydrogens (primary N) is 1. The van der Waals surface area contributed by atoms with Crippen molar-refractivity contribution < 1.29 is 18.3 Å². The summed E-state index contributed by atoms with van der Waals surface area (Å²) in [6, 6.07) is 18.6. The molecule has 206 valence electrons. The third-order valence-electron chi connectivity index (χ3n) is 6.40. The largest absolute Gasteiger partial charge is 0.447 e. The molecule has 10 heteroatoms. The van der Waals surface area contributed by atoms with Gasteiger partial charge in [-0.25, -0.2) is 13.6 Å². The third-order valence-corrected chi connectivity index (χ3v) is 6.40. The van der Waals surface area contributed by atoms with Gasteiger partial charge >= 0.3 is 5.97 Å². The van der Waals surface area contributed by atoms with E-state index < -0.39 is 23.3 Å². The number of esters is 1. The molecule has 1 heterocycles. The Labute approximate surface area is 227 Å². The van der Waals surface area contributed by atoms with E-state index in [0.29, 0.717) is 24.4 Å². The maximum atomic E-state index is 14.2. The van der Waals surface area contributed by atoms with Crippen LogP contribution in [0.3, 0.4) is 0 Å². The summed E-state index contributed by atoms with van der Waals surface area (Å²) in [5, 5.41) is 10.1. The first-order valence-corrected chi connectivity index (χ1v) is 13.0. The second-order valence-corrected chi connectivity index (χ2v) is 9.51. The number of hydrazine groups is 2. The van der Waals surface area contributed by atoms with E-state index in [4.69, 9.17) is 10.5 Å². The molecule has 1 atom stereocenters. The molecule has 4 rings (SSSR count). The minimum absolute atomic E-state index is 0.0507. The summed E-state index contributed by atoms with van der Waals surface area (Å²) < 4.78 is 33.9. The van der Waals surface area contributed by atoms with E-state index in [-0.39, 0.29) is 18.8 Å². The second kappa shape index (κ2) is 12.3. The first-order valence-electron chi connectivity index (χ1n) is 13.0. The van der Waals surface area contributed by atoms with Crippen LogP contribution in [0, 0.1) is 18.6 Å². The first kappa shape index (κ1) is 28.2. The van der Waals surface area contributed by atoms with Crippen molar-refractivity contribution >= 4 is 17.5 Å². The molecule has 0 saturated heterocycles. The standard InChI is InChI=1S/C29H34F2N6O2/c1-4-13-29(32,28(38)39-19-33-18-22-8-6-7-21(5-2)14-22)37-35-27(23-11-9-20(3)10-12-23)34-36(37)26-16-24(30)15-25(31)17-26/h6-12,14-17,33H,4-5,13,18-19,32H2,1-3H3,(H,34,35)/t29-/m0/s1. The van der Waals surface area contributed by atoms with Gasteiger partial charge < -0.3 is 10.5 Å². The van der Waals surface area contributed by atoms with Crippen LogP contribution in [0.1, 0.15) is 48.9 Å². The molecule has 3 aromatic rings. The molecule has 0 bridgehead atoms. The molecule has 0 saturated carbocycles. The second-order valence-electron chi connectivity index (χ2n) is 9.51. The van der Waals surface area contributed by atoms with E-state index in [1.54, 1.807) is 0 Å². The number of aryl methyl sites for hydroxylation is 2. The number of anilines is 1. The average Bonchev–Trinajstić information content (AvgIpc) is 3.37. The first-order chi connectivity index (χ1) is 18.7. The van der Waals surface area contributed by atoms with Crippen LogP contribution in [-0.4, -0.2) is 29.3 Å². The van der Waals surface area contributed by atoms with Crippen LogP contribution in [0.25, 0.3) is 0 Å². The molecular weight excluding hydrogens is 502 g/mol. The van der Waals surface area contributed by atoms with E-state index in [1.807, 2.05) is 50.2 Å². The van der Waals surface area contributed by atoms with Gasteiger partial charge in [0, 0.05) is 30.3 Å². The van der Waals surface area contributed by atoms with Crippen LogP contribution in [-0.2, 0) is 22.5 Å². The highest BCUT2D eigenvalue weighted by atomic mass is 19.1. The molecule has 0 fully saturated rings. The lowest BCUT2D eigenvalue weighted by atomic mass is 10.1. The molecular formula is C29H34F2N6O2. The SMILES string of the molecule is CCC[C@@](N)(C(=O)OCNCc1cccc(CC)c1)N1NC(c2ccc(C)cc2)=NN1c1cc(F)cc(F)c1. The number of carbonyl (C=O) groups is 1. The highest BCUT2D eigenvalue weighted by molar-refractivity contribution is 6.00. The molecule has 39 heavy (non-hydrogen) atoms. The number of hydrogen-bond donors (Lipinski definition) is 3. The van der Waals surface area contributed by atoms with Crippen molar-refractivity contribution in [2.45, 2.75) is 52.2 Å². The topological polar surface area (TPSA) is 95.2 Å². The number of benzene rings is 3. The van der Waals surface area contributed by atoms with Gasteiger partial charge in [0.2, 0.25) is 5.66 Å². The minimum Gasteiger partial charge on any atom is -0.447 e. The maximum Gasteiger partial charge on any atom is 0.346 e. The van der Waals surface area contributed by atoms with Crippen molar-refractivity contribution in [3.8, 4) is 0 Å². The Morgan fingerprint density at radius 1 is 1.05 bits per heavy atom. The Morgan fingerprint density at radius 2 is 1.74 bits per heavy atom. The summed E-state index contributed by atoms with van der Waals surface area (Å²) in [7, 11) is 0. The van der Waals surface area contributed by atoms with Crippen LogP contribution in [0.2, 0.25) is 0 Å². The van der Waals surface area contributed by atoms with Crippen LogP contribution < -0.4 is 21.6 Å². The van der Waals surface area contributed by atoms with Gasteiger partial charge in [0.1, 0.15) is 18.4 Å². The van der Waals surface area contributed by atoms with Gasteiger partial charge in [0.05, 0.1) is 5.69 Å². The number of carbonyl (C=O) groups excluding carboxylic acids is 1. The van der Waals surface area contributed by atoms with Crippen molar-refractivity contribution in [3.63, 3.8) is 0 Å². The lowest BCUT2D eigenvalue weighted by Crippen LogP contribution is -2.69. The summed E-state index contributed by atoms with van der Waals surface area (Å²) in [4.78, 5) is 13.5. The fraction of sp³-hybridized carbons (Fsp3) is 0.310. The van der Waals surface area contributed by atoms with E-state index in [1.165, 1.54) is 15.8 Å². The highest BCUT2D eigenvalue weighted by Gasteiger charge is 2.48. The molecule has 8 nitrogen and oxygen atoms in total. The summed E-state index contributed by atoms with van der Waals surface area (Å²) in [6.45, 7) is 6.34. The van der Waals surface area contributed by atoms with Crippen molar-refractivity contribution in [2.75, 3.05) is 11.8 Å². The number of nitrogens with one attached hydrogen (secondary N) is 2. The van der Waals surface area contributed by atoms with Gasteiger partial charge in [-0.15, -0.1) is 5.10 Å². The number of amidine groups is 1. The van der Waals surface area contributed by atoms with Crippen molar-refractivity contribution in [3.05, 3.63) is 101 Å². The molecule has 0 unspecified atom stereocenters. The normalized spacial score (nSPS) is 15.0. The number of hydrogen-bond acceptors (Lipinski definition) is 8. The van der Waals surface area contributed by atoms with Crippen molar-refractivity contribution in [1.29, 1.82) is 0 Å². The van der Waals surface area contributed by atoms with Gasteiger partial charge in [-0.05, 0) is 30.9 Å². The lowest BCUT2D eigenvalue weighted by molar-refractivity contribution is -0.162. The van der Waals surface area contributed by atoms with Crippen LogP contribution in [0.15, 0.2) is 71.8 Å². The molecule has 0 radical (unpaired) electrons. The quantitative estimate of drug-likeness (QED) is 0.189. The molecule has 0 amide bonds. The Hall–Kier alpha value is -3.86. The monoisotopic (exact) mass is 536 g/mol. The fourth-order valence-corrected chi connectivity index (χ4v) is 4.31. The molecule has 0 spiro atoms. The average molecular weight is 537 g/mol. The number of nitrogens with zero attached hydrogens (tertiary/aromatic N) is 3. The summed E-state index contributed by atoms with van der Waals surface area (Å²) in [5.74, 6) is -1.96. The summed E-state index contributed by atoms with van der Waals surface area (Å²) in [5.41, 5.74) is 12.1. The number of ether oxygens (including phenoxy) is 1. The van der Waals surface area contributed by atoms with Crippen LogP contribution in [0.5, 0.6) is 0 Å². The van der Waals surface area contributed by atoms with Gasteiger partial charge in [-0.3, -0.25) is 10.7 Å². The van der Waals surface area contributed by atoms with Crippen molar-refractivity contribution in [2.24, 2.45) is 10.8 Å². The fourth-order valence-electron chi connectivity index (χ4n) is 4.31. The van der Waals surface area contributed by atoms with Gasteiger partial charge in [-0.2, -0.15) is 5.12 Å². The molecule has 3 aromatic carbocycles. The zero-order valence-corrected chi connectivity index (χ0v) is 22.4. The van der Waals surface area contributed by atoms with Gasteiger partial charge in [0.25, 0.3) is 0 Å². The molecule has 1 aliphatic heterocycles. The summed E-state index contributed by atoms with van der Waals surface area (Å²) in [6.07, 6.45) is 1.62. The number of halogens is 2. The zero-order chi connectivity index (χ0) is 28.0. The lowest BCUT2D eigenvalue weighted by Gasteiger charge is -2.39. The maximum absolute atomic E-state index is 14.2. The Balaban J connectivity index is 1.56. The van der Waals surface area contributed by atoms with E-state index in [0.717, 1.165) is 35.7 Å². The predicted molar refractivity (Wildman–Crippen MR) is 147 cm³/mol. The molecule has 0 aromatic heterocycles. The highest BCUT2D eigenvalue weighted by Crippen LogP contribution is 2.29. The zero-order valence-electron chi connectivity index (χ0n) is 22.4. The third kappa shape index (κ3) is 6.59.